The molecule has 0 bridgehead atoms. The van der Waals surface area contributed by atoms with E-state index >= 15 is 0 Å². The van der Waals surface area contributed by atoms with Gasteiger partial charge in [0.15, 0.2) is 0 Å². The number of rotatable bonds is 4. The van der Waals surface area contributed by atoms with Gasteiger partial charge in [-0.15, -0.1) is 0 Å². The zero-order valence-corrected chi connectivity index (χ0v) is 13.4. The van der Waals surface area contributed by atoms with Crippen LogP contribution in [0.15, 0.2) is 53.1 Å². The van der Waals surface area contributed by atoms with Gasteiger partial charge in [0.1, 0.15) is 5.82 Å². The van der Waals surface area contributed by atoms with Crippen molar-refractivity contribution >= 4 is 0 Å². The lowest BCUT2D eigenvalue weighted by Crippen LogP contribution is -2.22. The van der Waals surface area contributed by atoms with Crippen LogP contribution in [0.25, 0.3) is 11.4 Å². The van der Waals surface area contributed by atoms with Crippen molar-refractivity contribution in [1.29, 1.82) is 0 Å². The number of nitrogens with zero attached hydrogens (tertiary/aromatic N) is 3. The van der Waals surface area contributed by atoms with Crippen molar-refractivity contribution in [3.63, 3.8) is 0 Å². The fraction of sp³-hybridized carbons (Fsp3) is 0.263. The smallest absolute Gasteiger partial charge is 0.241 e. The third-order valence-electron chi connectivity index (χ3n) is 4.59. The highest BCUT2D eigenvalue weighted by Crippen LogP contribution is 2.35. The number of fused-ring (bicyclic) bond motifs is 1. The summed E-state index contributed by atoms with van der Waals surface area (Å²) in [6, 6.07) is 15.0. The molecule has 3 aromatic rings. The van der Waals surface area contributed by atoms with Crippen LogP contribution in [0, 0.1) is 5.82 Å². The minimum Gasteiger partial charge on any atom is -0.338 e. The minimum atomic E-state index is -0.276. The summed E-state index contributed by atoms with van der Waals surface area (Å²) in [5.41, 5.74) is 3.56. The molecule has 0 aliphatic heterocycles. The van der Waals surface area contributed by atoms with Crippen LogP contribution < -0.4 is 0 Å². The largest absolute Gasteiger partial charge is 0.338 e. The molecule has 0 radical (unpaired) electrons. The second-order valence-electron chi connectivity index (χ2n) is 6.19. The topological polar surface area (TPSA) is 42.2 Å². The van der Waals surface area contributed by atoms with Gasteiger partial charge in [-0.05, 0) is 55.3 Å². The molecule has 1 heterocycles. The molecule has 5 heteroatoms. The second-order valence-corrected chi connectivity index (χ2v) is 6.19. The highest BCUT2D eigenvalue weighted by Gasteiger charge is 2.26. The average Bonchev–Trinajstić information content (AvgIpc) is 3.22. The number of hydrogen-bond acceptors (Lipinski definition) is 4. The number of hydrogen-bond donors (Lipinski definition) is 0. The van der Waals surface area contributed by atoms with Crippen LogP contribution in [0.5, 0.6) is 0 Å². The summed E-state index contributed by atoms with van der Waals surface area (Å²) in [6.07, 6.45) is 2.21. The zero-order chi connectivity index (χ0) is 16.5. The highest BCUT2D eigenvalue weighted by molar-refractivity contribution is 5.53. The van der Waals surface area contributed by atoms with Gasteiger partial charge in [-0.2, -0.15) is 4.98 Å². The predicted molar refractivity (Wildman–Crippen MR) is 88.7 cm³/mol. The Morgan fingerprint density at radius 2 is 1.96 bits per heavy atom. The number of aryl methyl sites for hydroxylation is 1. The van der Waals surface area contributed by atoms with Gasteiger partial charge in [0, 0.05) is 11.6 Å². The Morgan fingerprint density at radius 1 is 1.17 bits per heavy atom. The third kappa shape index (κ3) is 2.83. The number of aromatic nitrogens is 2. The molecule has 4 rings (SSSR count). The Bertz CT molecular complexity index is 844. The first kappa shape index (κ1) is 15.0. The number of benzene rings is 2. The van der Waals surface area contributed by atoms with Gasteiger partial charge < -0.3 is 4.52 Å². The van der Waals surface area contributed by atoms with E-state index in [1.165, 1.54) is 23.3 Å². The van der Waals surface area contributed by atoms with Crippen molar-refractivity contribution in [1.82, 2.24) is 15.0 Å². The van der Waals surface area contributed by atoms with E-state index in [-0.39, 0.29) is 5.82 Å². The standard InChI is InChI=1S/C19H18FN3O/c1-23(17-11-8-13-4-2-3-5-16(13)17)12-18-21-19(22-24-18)14-6-9-15(20)10-7-14/h2-7,9-10,17H,8,11-12H2,1H3. The van der Waals surface area contributed by atoms with Crippen LogP contribution in [0.2, 0.25) is 0 Å². The van der Waals surface area contributed by atoms with Crippen molar-refractivity contribution in [3.05, 3.63) is 71.4 Å². The number of halogens is 1. The molecule has 0 amide bonds. The molecule has 2 aromatic carbocycles. The van der Waals surface area contributed by atoms with E-state index in [0.717, 1.165) is 18.4 Å². The molecule has 0 saturated carbocycles. The van der Waals surface area contributed by atoms with Gasteiger partial charge in [0.2, 0.25) is 11.7 Å². The van der Waals surface area contributed by atoms with Crippen LogP contribution >= 0.6 is 0 Å². The molecular weight excluding hydrogens is 305 g/mol. The quantitative estimate of drug-likeness (QED) is 0.728. The maximum Gasteiger partial charge on any atom is 0.241 e. The fourth-order valence-corrected chi connectivity index (χ4v) is 3.35. The Morgan fingerprint density at radius 3 is 2.79 bits per heavy atom. The van der Waals surface area contributed by atoms with Crippen LogP contribution in [0.1, 0.15) is 29.5 Å². The van der Waals surface area contributed by atoms with Crippen molar-refractivity contribution < 1.29 is 8.91 Å². The monoisotopic (exact) mass is 323 g/mol. The Kier molecular flexibility index (Phi) is 3.86. The molecule has 1 aliphatic rings. The van der Waals surface area contributed by atoms with E-state index < -0.39 is 0 Å². The summed E-state index contributed by atoms with van der Waals surface area (Å²) in [5.74, 6) is 0.786. The SMILES string of the molecule is CN(Cc1nc(-c2ccc(F)cc2)no1)C1CCc2ccccc21. The highest BCUT2D eigenvalue weighted by atomic mass is 19.1. The van der Waals surface area contributed by atoms with Crippen LogP contribution in [0.3, 0.4) is 0 Å². The normalized spacial score (nSPS) is 16.5. The molecule has 0 fully saturated rings. The summed E-state index contributed by atoms with van der Waals surface area (Å²) < 4.78 is 18.4. The predicted octanol–water partition coefficient (Wildman–Crippen LogP) is 4.00. The van der Waals surface area contributed by atoms with E-state index in [4.69, 9.17) is 4.52 Å². The van der Waals surface area contributed by atoms with E-state index in [0.29, 0.717) is 24.3 Å². The molecule has 1 aliphatic carbocycles. The fourth-order valence-electron chi connectivity index (χ4n) is 3.35. The summed E-state index contributed by atoms with van der Waals surface area (Å²) >= 11 is 0. The molecule has 4 nitrogen and oxygen atoms in total. The first-order valence-electron chi connectivity index (χ1n) is 8.07. The van der Waals surface area contributed by atoms with E-state index in [1.807, 2.05) is 0 Å². The van der Waals surface area contributed by atoms with Crippen LogP contribution in [-0.2, 0) is 13.0 Å². The summed E-state index contributed by atoms with van der Waals surface area (Å²) in [4.78, 5) is 6.68. The summed E-state index contributed by atoms with van der Waals surface area (Å²) in [7, 11) is 2.08. The Hall–Kier alpha value is -2.53. The Labute approximate surface area is 139 Å². The van der Waals surface area contributed by atoms with E-state index in [9.17, 15) is 4.39 Å². The maximum absolute atomic E-state index is 13.0. The first-order chi connectivity index (χ1) is 11.7. The molecule has 24 heavy (non-hydrogen) atoms. The summed E-state index contributed by atoms with van der Waals surface area (Å²) in [6.45, 7) is 0.590. The first-order valence-corrected chi connectivity index (χ1v) is 8.07. The van der Waals surface area contributed by atoms with E-state index in [2.05, 4.69) is 46.4 Å². The van der Waals surface area contributed by atoms with Crippen molar-refractivity contribution in [2.24, 2.45) is 0 Å². The van der Waals surface area contributed by atoms with Crippen molar-refractivity contribution in [3.8, 4) is 11.4 Å². The van der Waals surface area contributed by atoms with Gasteiger partial charge >= 0.3 is 0 Å². The average molecular weight is 323 g/mol. The van der Waals surface area contributed by atoms with Gasteiger partial charge in [0.25, 0.3) is 0 Å². The molecular formula is C19H18FN3O. The molecule has 1 unspecified atom stereocenters. The lowest BCUT2D eigenvalue weighted by molar-refractivity contribution is 0.204. The van der Waals surface area contributed by atoms with Crippen LogP contribution in [-0.4, -0.2) is 22.1 Å². The van der Waals surface area contributed by atoms with Crippen molar-refractivity contribution in [2.75, 3.05) is 7.05 Å². The molecule has 122 valence electrons. The molecule has 0 N–H and O–H groups in total. The zero-order valence-electron chi connectivity index (χ0n) is 13.4. The molecule has 1 aromatic heterocycles. The van der Waals surface area contributed by atoms with Crippen LogP contribution in [0.4, 0.5) is 4.39 Å². The summed E-state index contributed by atoms with van der Waals surface area (Å²) in [5, 5.41) is 4.00. The lowest BCUT2D eigenvalue weighted by atomic mass is 10.1. The second kappa shape index (κ2) is 6.17. The molecule has 1 atom stereocenters. The van der Waals surface area contributed by atoms with Gasteiger partial charge in [0.05, 0.1) is 6.54 Å². The Balaban J connectivity index is 1.49. The van der Waals surface area contributed by atoms with Crippen molar-refractivity contribution in [2.45, 2.75) is 25.4 Å². The lowest BCUT2D eigenvalue weighted by Gasteiger charge is -2.23. The maximum atomic E-state index is 13.0. The molecule has 0 saturated heterocycles. The van der Waals surface area contributed by atoms with Gasteiger partial charge in [-0.3, -0.25) is 4.90 Å². The van der Waals surface area contributed by atoms with Gasteiger partial charge in [-0.1, -0.05) is 29.4 Å². The molecule has 0 spiro atoms. The van der Waals surface area contributed by atoms with Gasteiger partial charge in [-0.25, -0.2) is 4.39 Å². The minimum absolute atomic E-state index is 0.276. The third-order valence-corrected chi connectivity index (χ3v) is 4.59. The van der Waals surface area contributed by atoms with E-state index in [1.54, 1.807) is 12.1 Å².